The Morgan fingerprint density at radius 3 is 2.20 bits per heavy atom. The van der Waals surface area contributed by atoms with E-state index in [0.29, 0.717) is 0 Å². The van der Waals surface area contributed by atoms with Crippen LogP contribution < -0.4 is 0 Å². The first-order valence-corrected chi connectivity index (χ1v) is 3.50. The summed E-state index contributed by atoms with van der Waals surface area (Å²) < 4.78 is 8.24. The molecular formula is C6H6N2OS. The van der Waals surface area contributed by atoms with E-state index < -0.39 is 0 Å². The molecule has 0 unspecified atom stereocenters. The van der Waals surface area contributed by atoms with Gasteiger partial charge < -0.3 is 4.42 Å². The highest BCUT2D eigenvalue weighted by Crippen LogP contribution is 1.79. The Bertz CT molecular complexity index is 155. The molecule has 0 saturated carbocycles. The average molecular weight is 154 g/mol. The average Bonchev–Trinajstić information content (AvgIpc) is 2.67. The van der Waals surface area contributed by atoms with Gasteiger partial charge in [0, 0.05) is 0 Å². The lowest BCUT2D eigenvalue weighted by Crippen LogP contribution is -1.43. The number of aromatic nitrogens is 2. The van der Waals surface area contributed by atoms with Gasteiger partial charge in [-0.25, -0.2) is 4.98 Å². The first-order valence-electron chi connectivity index (χ1n) is 2.66. The van der Waals surface area contributed by atoms with E-state index in [9.17, 15) is 0 Å². The zero-order valence-electron chi connectivity index (χ0n) is 5.18. The van der Waals surface area contributed by atoms with Gasteiger partial charge in [0.25, 0.3) is 0 Å². The van der Waals surface area contributed by atoms with Gasteiger partial charge in [-0.1, -0.05) is 0 Å². The summed E-state index contributed by atoms with van der Waals surface area (Å²) >= 11 is 1.35. The van der Waals surface area contributed by atoms with Gasteiger partial charge in [0.1, 0.15) is 11.8 Å². The van der Waals surface area contributed by atoms with E-state index in [0.717, 1.165) is 0 Å². The summed E-state index contributed by atoms with van der Waals surface area (Å²) in [5, 5.41) is 0. The SMILES string of the molecule is c1ccoc1.c1ncsn1. The van der Waals surface area contributed by atoms with Crippen molar-refractivity contribution in [2.75, 3.05) is 0 Å². The minimum absolute atomic E-state index is 1.35. The molecule has 0 atom stereocenters. The highest BCUT2D eigenvalue weighted by atomic mass is 32.1. The standard InChI is InChI=1S/C4H4O.C2H2N2S/c1-2-4-5-3-1;1-3-2-5-4-1/h1-4H;1-2H. The van der Waals surface area contributed by atoms with Crippen molar-refractivity contribution >= 4 is 11.5 Å². The molecule has 2 aromatic rings. The summed E-state index contributed by atoms with van der Waals surface area (Å²) in [4.78, 5) is 3.63. The van der Waals surface area contributed by atoms with Crippen LogP contribution in [0.25, 0.3) is 0 Å². The molecule has 3 nitrogen and oxygen atoms in total. The van der Waals surface area contributed by atoms with Crippen LogP contribution in [0.5, 0.6) is 0 Å². The Kier molecular flexibility index (Phi) is 3.26. The maximum absolute atomic E-state index is 4.58. The summed E-state index contributed by atoms with van der Waals surface area (Å²) in [5.41, 5.74) is 1.68. The molecule has 0 saturated heterocycles. The lowest BCUT2D eigenvalue weighted by Gasteiger charge is -1.50. The van der Waals surface area contributed by atoms with Crippen molar-refractivity contribution in [2.45, 2.75) is 0 Å². The van der Waals surface area contributed by atoms with Crippen molar-refractivity contribution in [2.24, 2.45) is 0 Å². The van der Waals surface area contributed by atoms with Crippen LogP contribution in [0.4, 0.5) is 0 Å². The molecule has 4 heteroatoms. The predicted octanol–water partition coefficient (Wildman–Crippen LogP) is 1.82. The first kappa shape index (κ1) is 6.95. The van der Waals surface area contributed by atoms with Gasteiger partial charge in [-0.2, -0.15) is 4.37 Å². The number of hydrogen-bond donors (Lipinski definition) is 0. The second kappa shape index (κ2) is 4.69. The summed E-state index contributed by atoms with van der Waals surface area (Å²) in [6, 6.07) is 3.67. The number of hydrogen-bond acceptors (Lipinski definition) is 4. The molecule has 0 amide bonds. The molecule has 52 valence electrons. The Morgan fingerprint density at radius 2 is 2.00 bits per heavy atom. The second-order valence-electron chi connectivity index (χ2n) is 1.37. The van der Waals surface area contributed by atoms with E-state index >= 15 is 0 Å². The summed E-state index contributed by atoms with van der Waals surface area (Å²) in [6.07, 6.45) is 4.77. The third-order valence-electron chi connectivity index (χ3n) is 0.708. The van der Waals surface area contributed by atoms with Crippen molar-refractivity contribution in [3.05, 3.63) is 36.5 Å². The van der Waals surface area contributed by atoms with Crippen molar-refractivity contribution in [1.82, 2.24) is 9.36 Å². The highest BCUT2D eigenvalue weighted by Gasteiger charge is 1.60. The van der Waals surface area contributed by atoms with E-state index in [2.05, 4.69) is 13.8 Å². The minimum atomic E-state index is 1.35. The molecule has 2 rings (SSSR count). The highest BCUT2D eigenvalue weighted by molar-refractivity contribution is 7.03. The third kappa shape index (κ3) is 2.99. The quantitative estimate of drug-likeness (QED) is 0.581. The van der Waals surface area contributed by atoms with Gasteiger partial charge in [-0.05, 0) is 23.7 Å². The Labute approximate surface area is 62.5 Å². The Morgan fingerprint density at radius 1 is 1.20 bits per heavy atom. The van der Waals surface area contributed by atoms with E-state index in [1.165, 1.54) is 17.9 Å². The molecule has 0 aliphatic carbocycles. The predicted molar refractivity (Wildman–Crippen MR) is 38.6 cm³/mol. The zero-order valence-corrected chi connectivity index (χ0v) is 5.99. The van der Waals surface area contributed by atoms with Crippen molar-refractivity contribution in [3.63, 3.8) is 0 Å². The van der Waals surface area contributed by atoms with E-state index in [1.54, 1.807) is 18.0 Å². The normalized spacial score (nSPS) is 8.00. The van der Waals surface area contributed by atoms with Gasteiger partial charge in [0.15, 0.2) is 0 Å². The fourth-order valence-corrected chi connectivity index (χ4v) is 0.635. The number of nitrogens with zero attached hydrogens (tertiary/aromatic N) is 2. The fraction of sp³-hybridized carbons (Fsp3) is 0. The molecule has 0 radical (unpaired) electrons. The van der Waals surface area contributed by atoms with Gasteiger partial charge >= 0.3 is 0 Å². The van der Waals surface area contributed by atoms with Crippen LogP contribution >= 0.6 is 11.5 Å². The summed E-state index contributed by atoms with van der Waals surface area (Å²) in [6.45, 7) is 0. The van der Waals surface area contributed by atoms with Crippen LogP contribution in [-0.4, -0.2) is 9.36 Å². The molecule has 0 fully saturated rings. The van der Waals surface area contributed by atoms with Crippen LogP contribution in [0.2, 0.25) is 0 Å². The second-order valence-corrected chi connectivity index (χ2v) is 2.01. The third-order valence-corrected chi connectivity index (χ3v) is 1.14. The van der Waals surface area contributed by atoms with Gasteiger partial charge in [-0.15, -0.1) is 0 Å². The molecule has 2 heterocycles. The summed E-state index contributed by atoms with van der Waals surface area (Å²) in [7, 11) is 0. The Hall–Kier alpha value is -1.16. The molecule has 0 bridgehead atoms. The van der Waals surface area contributed by atoms with Crippen molar-refractivity contribution < 1.29 is 4.42 Å². The van der Waals surface area contributed by atoms with Crippen molar-refractivity contribution in [3.8, 4) is 0 Å². The molecule has 0 aliphatic heterocycles. The molecule has 2 aromatic heterocycles. The van der Waals surface area contributed by atoms with Gasteiger partial charge in [-0.3, -0.25) is 0 Å². The maximum atomic E-state index is 4.58. The Balaban J connectivity index is 0.0000001000. The van der Waals surface area contributed by atoms with Gasteiger partial charge in [0.05, 0.1) is 12.5 Å². The van der Waals surface area contributed by atoms with Crippen molar-refractivity contribution in [1.29, 1.82) is 0 Å². The van der Waals surface area contributed by atoms with Crippen LogP contribution in [0, 0.1) is 0 Å². The van der Waals surface area contributed by atoms with Gasteiger partial charge in [0.2, 0.25) is 0 Å². The molecular weight excluding hydrogens is 148 g/mol. The number of furan rings is 1. The van der Waals surface area contributed by atoms with E-state index in [-0.39, 0.29) is 0 Å². The van der Waals surface area contributed by atoms with E-state index in [4.69, 9.17) is 0 Å². The molecule has 0 spiro atoms. The number of rotatable bonds is 0. The van der Waals surface area contributed by atoms with Crippen LogP contribution in [0.3, 0.4) is 0 Å². The zero-order chi connectivity index (χ0) is 7.07. The fourth-order valence-electron chi connectivity index (χ4n) is 0.363. The lowest BCUT2D eigenvalue weighted by molar-refractivity contribution is 0.567. The monoisotopic (exact) mass is 154 g/mol. The lowest BCUT2D eigenvalue weighted by atomic mass is 10.7. The van der Waals surface area contributed by atoms with Crippen LogP contribution in [0.1, 0.15) is 0 Å². The largest absolute Gasteiger partial charge is 0.473 e. The van der Waals surface area contributed by atoms with Crippen LogP contribution in [0.15, 0.2) is 40.9 Å². The first-order chi connectivity index (χ1) is 5.00. The topological polar surface area (TPSA) is 38.9 Å². The van der Waals surface area contributed by atoms with E-state index in [1.807, 2.05) is 12.1 Å². The molecule has 10 heavy (non-hydrogen) atoms. The minimum Gasteiger partial charge on any atom is -0.473 e. The van der Waals surface area contributed by atoms with Crippen LogP contribution in [-0.2, 0) is 0 Å². The molecule has 0 aliphatic rings. The molecule has 0 aromatic carbocycles. The maximum Gasteiger partial charge on any atom is 0.129 e. The summed E-state index contributed by atoms with van der Waals surface area (Å²) in [5.74, 6) is 0. The molecule has 0 N–H and O–H groups in total. The smallest absolute Gasteiger partial charge is 0.129 e.